The lowest BCUT2D eigenvalue weighted by Crippen LogP contribution is -2.20. The van der Waals surface area contributed by atoms with Gasteiger partial charge in [0.05, 0.1) is 10.9 Å². The molecule has 3 rings (SSSR count). The van der Waals surface area contributed by atoms with Crippen LogP contribution in [0.15, 0.2) is 54.9 Å². The Hall–Kier alpha value is -3.28. The van der Waals surface area contributed by atoms with Crippen LogP contribution in [0.3, 0.4) is 0 Å². The number of benzene rings is 2. The third-order valence-corrected chi connectivity index (χ3v) is 3.40. The summed E-state index contributed by atoms with van der Waals surface area (Å²) < 4.78 is 5.50. The van der Waals surface area contributed by atoms with Crippen LogP contribution in [0, 0.1) is 0 Å². The maximum Gasteiger partial charge on any atom is 0.262 e. The quantitative estimate of drug-likeness (QED) is 0.731. The summed E-state index contributed by atoms with van der Waals surface area (Å²) in [5, 5.41) is 3.44. The van der Waals surface area contributed by atoms with Crippen molar-refractivity contribution in [3.8, 4) is 5.88 Å². The molecule has 0 radical (unpaired) electrons. The van der Waals surface area contributed by atoms with E-state index in [0.29, 0.717) is 17.1 Å². The first kappa shape index (κ1) is 15.6. The number of ketones is 1. The van der Waals surface area contributed by atoms with Crippen molar-refractivity contribution in [3.05, 3.63) is 60.4 Å². The molecule has 0 aliphatic rings. The first-order valence-corrected chi connectivity index (χ1v) is 7.37. The zero-order chi connectivity index (χ0) is 16.9. The molecule has 0 atom stereocenters. The zero-order valence-corrected chi connectivity index (χ0v) is 13.0. The Morgan fingerprint density at radius 1 is 1.08 bits per heavy atom. The van der Waals surface area contributed by atoms with Crippen LogP contribution >= 0.6 is 0 Å². The van der Waals surface area contributed by atoms with Gasteiger partial charge in [-0.2, -0.15) is 0 Å². The van der Waals surface area contributed by atoms with E-state index in [1.54, 1.807) is 24.3 Å². The molecular formula is C18H15N3O3. The van der Waals surface area contributed by atoms with E-state index in [-0.39, 0.29) is 18.3 Å². The minimum absolute atomic E-state index is 0.0604. The van der Waals surface area contributed by atoms with Gasteiger partial charge in [0.1, 0.15) is 6.33 Å². The van der Waals surface area contributed by atoms with Crippen LogP contribution < -0.4 is 10.1 Å². The molecule has 6 heteroatoms. The molecule has 1 aromatic heterocycles. The van der Waals surface area contributed by atoms with E-state index in [2.05, 4.69) is 15.3 Å². The van der Waals surface area contributed by atoms with Crippen molar-refractivity contribution < 1.29 is 14.3 Å². The minimum atomic E-state index is -0.335. The van der Waals surface area contributed by atoms with Gasteiger partial charge in [0.25, 0.3) is 5.91 Å². The van der Waals surface area contributed by atoms with Crippen molar-refractivity contribution in [1.29, 1.82) is 0 Å². The lowest BCUT2D eigenvalue weighted by molar-refractivity contribution is -0.118. The van der Waals surface area contributed by atoms with Crippen molar-refractivity contribution in [3.63, 3.8) is 0 Å². The summed E-state index contributed by atoms with van der Waals surface area (Å²) in [4.78, 5) is 31.6. The molecule has 0 saturated carbocycles. The second-order valence-electron chi connectivity index (χ2n) is 5.17. The summed E-state index contributed by atoms with van der Waals surface area (Å²) in [5.41, 5.74) is 1.83. The lowest BCUT2D eigenvalue weighted by Gasteiger charge is -2.09. The predicted molar refractivity (Wildman–Crippen MR) is 90.1 cm³/mol. The molecule has 3 aromatic rings. The number of anilines is 1. The Balaban J connectivity index is 1.67. The monoisotopic (exact) mass is 321 g/mol. The topological polar surface area (TPSA) is 81.2 Å². The molecule has 24 heavy (non-hydrogen) atoms. The molecule has 0 fully saturated rings. The van der Waals surface area contributed by atoms with Crippen molar-refractivity contribution in [2.45, 2.75) is 6.92 Å². The molecule has 0 saturated heterocycles. The fourth-order valence-corrected chi connectivity index (χ4v) is 2.24. The lowest BCUT2D eigenvalue weighted by atomic mass is 10.1. The molecule has 0 spiro atoms. The second-order valence-corrected chi connectivity index (χ2v) is 5.17. The van der Waals surface area contributed by atoms with Crippen LogP contribution in [-0.4, -0.2) is 28.3 Å². The average molecular weight is 321 g/mol. The number of ether oxygens (including phenoxy) is 1. The summed E-state index contributed by atoms with van der Waals surface area (Å²) in [6.07, 6.45) is 1.39. The number of hydrogen-bond donors (Lipinski definition) is 1. The fourth-order valence-electron chi connectivity index (χ4n) is 2.24. The van der Waals surface area contributed by atoms with Gasteiger partial charge >= 0.3 is 0 Å². The van der Waals surface area contributed by atoms with Gasteiger partial charge in [-0.05, 0) is 31.2 Å². The van der Waals surface area contributed by atoms with E-state index in [4.69, 9.17) is 4.74 Å². The molecule has 1 amide bonds. The van der Waals surface area contributed by atoms with Gasteiger partial charge in [0.2, 0.25) is 5.88 Å². The number of nitrogens with one attached hydrogen (secondary N) is 1. The summed E-state index contributed by atoms with van der Waals surface area (Å²) >= 11 is 0. The van der Waals surface area contributed by atoms with Gasteiger partial charge in [-0.25, -0.2) is 9.97 Å². The number of rotatable bonds is 5. The normalized spacial score (nSPS) is 10.4. The van der Waals surface area contributed by atoms with Crippen molar-refractivity contribution in [2.75, 3.05) is 11.9 Å². The Labute approximate surface area is 138 Å². The maximum absolute atomic E-state index is 12.0. The summed E-state index contributed by atoms with van der Waals surface area (Å²) in [6.45, 7) is 1.29. The van der Waals surface area contributed by atoms with E-state index >= 15 is 0 Å². The first-order chi connectivity index (χ1) is 11.6. The SMILES string of the molecule is CC(=O)c1cccc(NC(=O)COc2ncnc3ccccc23)c1. The van der Waals surface area contributed by atoms with Crippen LogP contribution in [0.5, 0.6) is 5.88 Å². The predicted octanol–water partition coefficient (Wildman–Crippen LogP) is 2.85. The number of carbonyl (C=O) groups is 2. The number of para-hydroxylation sites is 1. The number of Topliss-reactive ketones (excluding diaryl/α,β-unsaturated/α-hetero) is 1. The third kappa shape index (κ3) is 3.55. The Morgan fingerprint density at radius 3 is 2.75 bits per heavy atom. The van der Waals surface area contributed by atoms with Crippen LogP contribution in [0.2, 0.25) is 0 Å². The van der Waals surface area contributed by atoms with Gasteiger partial charge < -0.3 is 10.1 Å². The van der Waals surface area contributed by atoms with Crippen molar-refractivity contribution >= 4 is 28.3 Å². The Kier molecular flexibility index (Phi) is 4.47. The van der Waals surface area contributed by atoms with E-state index < -0.39 is 0 Å². The molecule has 1 heterocycles. The van der Waals surface area contributed by atoms with Crippen LogP contribution in [0.1, 0.15) is 17.3 Å². The summed E-state index contributed by atoms with van der Waals surface area (Å²) in [7, 11) is 0. The molecule has 6 nitrogen and oxygen atoms in total. The van der Waals surface area contributed by atoms with Gasteiger partial charge in [-0.1, -0.05) is 24.3 Å². The number of amides is 1. The molecule has 2 aromatic carbocycles. The highest BCUT2D eigenvalue weighted by Gasteiger charge is 2.09. The van der Waals surface area contributed by atoms with Gasteiger partial charge in [-0.3, -0.25) is 9.59 Å². The highest BCUT2D eigenvalue weighted by Crippen LogP contribution is 2.20. The Morgan fingerprint density at radius 2 is 1.92 bits per heavy atom. The fraction of sp³-hybridized carbons (Fsp3) is 0.111. The standard InChI is InChI=1S/C18H15N3O3/c1-12(22)13-5-4-6-14(9-13)21-17(23)10-24-18-15-7-2-3-8-16(15)19-11-20-18/h2-9,11H,10H2,1H3,(H,21,23). The van der Waals surface area contributed by atoms with E-state index in [9.17, 15) is 9.59 Å². The number of nitrogens with zero attached hydrogens (tertiary/aromatic N) is 2. The highest BCUT2D eigenvalue weighted by atomic mass is 16.5. The maximum atomic E-state index is 12.0. The molecule has 0 aliphatic carbocycles. The van der Waals surface area contributed by atoms with Crippen molar-refractivity contribution in [1.82, 2.24) is 9.97 Å². The highest BCUT2D eigenvalue weighted by molar-refractivity contribution is 5.97. The molecule has 120 valence electrons. The summed E-state index contributed by atoms with van der Waals surface area (Å²) in [6, 6.07) is 14.1. The smallest absolute Gasteiger partial charge is 0.262 e. The zero-order valence-electron chi connectivity index (χ0n) is 13.0. The van der Waals surface area contributed by atoms with Crippen LogP contribution in [-0.2, 0) is 4.79 Å². The number of aromatic nitrogens is 2. The molecule has 0 bridgehead atoms. The van der Waals surface area contributed by atoms with Crippen LogP contribution in [0.25, 0.3) is 10.9 Å². The Bertz CT molecular complexity index is 903. The molecule has 0 aliphatic heterocycles. The largest absolute Gasteiger partial charge is 0.467 e. The van der Waals surface area contributed by atoms with Gasteiger partial charge in [-0.15, -0.1) is 0 Å². The summed E-state index contributed by atoms with van der Waals surface area (Å²) in [5.74, 6) is -0.0403. The van der Waals surface area contributed by atoms with Crippen molar-refractivity contribution in [2.24, 2.45) is 0 Å². The first-order valence-electron chi connectivity index (χ1n) is 7.37. The average Bonchev–Trinajstić information content (AvgIpc) is 2.60. The molecule has 0 unspecified atom stereocenters. The van der Waals surface area contributed by atoms with E-state index in [1.807, 2.05) is 24.3 Å². The second kappa shape index (κ2) is 6.87. The van der Waals surface area contributed by atoms with Crippen LogP contribution in [0.4, 0.5) is 5.69 Å². The number of hydrogen-bond acceptors (Lipinski definition) is 5. The van der Waals surface area contributed by atoms with Gasteiger partial charge in [0, 0.05) is 11.3 Å². The number of fused-ring (bicyclic) bond motifs is 1. The third-order valence-electron chi connectivity index (χ3n) is 3.40. The van der Waals surface area contributed by atoms with Gasteiger partial charge in [0.15, 0.2) is 12.4 Å². The van der Waals surface area contributed by atoms with E-state index in [1.165, 1.54) is 13.3 Å². The molecule has 1 N–H and O–H groups in total. The number of carbonyl (C=O) groups excluding carboxylic acids is 2. The van der Waals surface area contributed by atoms with E-state index in [0.717, 1.165) is 10.9 Å². The minimum Gasteiger partial charge on any atom is -0.467 e. The molecular weight excluding hydrogens is 306 g/mol.